The Morgan fingerprint density at radius 1 is 1.05 bits per heavy atom. The van der Waals surface area contributed by atoms with Crippen LogP contribution in [0, 0.1) is 40.4 Å². The molecule has 1 N–H and O–H groups in total. The molecule has 3 aliphatic carbocycles. The van der Waals surface area contributed by atoms with E-state index >= 15 is 0 Å². The molecule has 0 amide bonds. The standard InChI is InChI=1S/C20H36O/c1-14(2)15-6-8-17-16(12-15)7-9-18-19(3,13-21)10-5-11-20(17,18)4/h14-18,21H,5-13H2,1-4H3. The summed E-state index contributed by atoms with van der Waals surface area (Å²) in [7, 11) is 0. The van der Waals surface area contributed by atoms with Crippen LogP contribution in [0.25, 0.3) is 0 Å². The summed E-state index contributed by atoms with van der Waals surface area (Å²) in [6, 6.07) is 0. The average molecular weight is 293 g/mol. The molecule has 0 aromatic carbocycles. The van der Waals surface area contributed by atoms with Gasteiger partial charge in [-0.1, -0.05) is 34.1 Å². The fourth-order valence-electron chi connectivity index (χ4n) is 6.80. The van der Waals surface area contributed by atoms with Crippen molar-refractivity contribution in [2.45, 2.75) is 79.1 Å². The van der Waals surface area contributed by atoms with E-state index in [4.69, 9.17) is 0 Å². The Balaban J connectivity index is 1.82. The second kappa shape index (κ2) is 5.55. The molecule has 0 radical (unpaired) electrons. The number of aliphatic hydroxyl groups excluding tert-OH is 1. The van der Waals surface area contributed by atoms with Crippen LogP contribution in [-0.2, 0) is 0 Å². The summed E-state index contributed by atoms with van der Waals surface area (Å²) in [4.78, 5) is 0. The molecule has 122 valence electrons. The van der Waals surface area contributed by atoms with Crippen molar-refractivity contribution in [3.8, 4) is 0 Å². The third-order valence-electron chi connectivity index (χ3n) is 8.10. The fraction of sp³-hybridized carbons (Fsp3) is 1.00. The molecule has 6 atom stereocenters. The van der Waals surface area contributed by atoms with E-state index in [1.165, 1.54) is 51.4 Å². The van der Waals surface area contributed by atoms with Gasteiger partial charge in [-0.25, -0.2) is 0 Å². The lowest BCUT2D eigenvalue weighted by Crippen LogP contribution is -2.54. The molecule has 3 fully saturated rings. The van der Waals surface area contributed by atoms with Gasteiger partial charge in [-0.3, -0.25) is 0 Å². The first-order valence-corrected chi connectivity index (χ1v) is 9.51. The van der Waals surface area contributed by atoms with Crippen LogP contribution in [0.15, 0.2) is 0 Å². The molecular formula is C20H36O. The first kappa shape index (κ1) is 15.8. The molecule has 0 saturated heterocycles. The minimum absolute atomic E-state index is 0.201. The Hall–Kier alpha value is -0.0400. The largest absolute Gasteiger partial charge is 0.396 e. The Morgan fingerprint density at radius 3 is 2.48 bits per heavy atom. The third kappa shape index (κ3) is 2.48. The van der Waals surface area contributed by atoms with E-state index in [0.29, 0.717) is 12.0 Å². The van der Waals surface area contributed by atoms with Crippen molar-refractivity contribution in [3.63, 3.8) is 0 Å². The van der Waals surface area contributed by atoms with E-state index in [-0.39, 0.29) is 5.41 Å². The monoisotopic (exact) mass is 292 g/mol. The van der Waals surface area contributed by atoms with E-state index in [1.807, 2.05) is 0 Å². The Bertz CT molecular complexity index is 376. The summed E-state index contributed by atoms with van der Waals surface area (Å²) in [5.41, 5.74) is 0.716. The van der Waals surface area contributed by atoms with Crippen LogP contribution in [0.3, 0.4) is 0 Å². The Kier molecular flexibility index (Phi) is 4.19. The summed E-state index contributed by atoms with van der Waals surface area (Å²) in [5.74, 6) is 4.52. The molecule has 21 heavy (non-hydrogen) atoms. The fourth-order valence-corrected chi connectivity index (χ4v) is 6.80. The van der Waals surface area contributed by atoms with Gasteiger partial charge in [-0.05, 0) is 85.4 Å². The van der Waals surface area contributed by atoms with Gasteiger partial charge in [-0.2, -0.15) is 0 Å². The first-order valence-electron chi connectivity index (χ1n) is 9.51. The molecule has 0 aromatic heterocycles. The van der Waals surface area contributed by atoms with Gasteiger partial charge in [0.15, 0.2) is 0 Å². The lowest BCUT2D eigenvalue weighted by atomic mass is 9.44. The number of fused-ring (bicyclic) bond motifs is 3. The van der Waals surface area contributed by atoms with E-state index in [0.717, 1.165) is 29.6 Å². The van der Waals surface area contributed by atoms with Gasteiger partial charge in [0.05, 0.1) is 0 Å². The zero-order valence-corrected chi connectivity index (χ0v) is 14.7. The molecule has 0 aliphatic heterocycles. The zero-order valence-electron chi connectivity index (χ0n) is 14.7. The normalized spacial score (nSPS) is 50.6. The van der Waals surface area contributed by atoms with Gasteiger partial charge in [0, 0.05) is 6.61 Å². The van der Waals surface area contributed by atoms with Gasteiger partial charge in [0.25, 0.3) is 0 Å². The van der Waals surface area contributed by atoms with Crippen molar-refractivity contribution < 1.29 is 5.11 Å². The lowest BCUT2D eigenvalue weighted by Gasteiger charge is -2.61. The number of hydrogen-bond donors (Lipinski definition) is 1. The van der Waals surface area contributed by atoms with Crippen molar-refractivity contribution in [1.29, 1.82) is 0 Å². The molecule has 0 aromatic rings. The second-order valence-corrected chi connectivity index (χ2v) is 9.49. The molecule has 3 aliphatic rings. The predicted octanol–water partition coefficient (Wildman–Crippen LogP) is 5.27. The predicted molar refractivity (Wildman–Crippen MR) is 89.0 cm³/mol. The summed E-state index contributed by atoms with van der Waals surface area (Å²) in [6.07, 6.45) is 11.2. The van der Waals surface area contributed by atoms with Crippen LogP contribution in [-0.4, -0.2) is 11.7 Å². The van der Waals surface area contributed by atoms with E-state index in [2.05, 4.69) is 27.7 Å². The highest BCUT2D eigenvalue weighted by Gasteiger charge is 2.56. The molecule has 6 unspecified atom stereocenters. The molecule has 1 heteroatoms. The number of rotatable bonds is 2. The number of hydrogen-bond acceptors (Lipinski definition) is 1. The van der Waals surface area contributed by atoms with E-state index in [9.17, 15) is 5.11 Å². The van der Waals surface area contributed by atoms with Crippen LogP contribution < -0.4 is 0 Å². The molecule has 1 nitrogen and oxygen atoms in total. The van der Waals surface area contributed by atoms with Crippen LogP contribution in [0.4, 0.5) is 0 Å². The van der Waals surface area contributed by atoms with Crippen LogP contribution >= 0.6 is 0 Å². The van der Waals surface area contributed by atoms with Crippen molar-refractivity contribution >= 4 is 0 Å². The SMILES string of the molecule is CC(C)C1CCC2C(CCC3C(C)(CO)CCCC23C)C1. The molecule has 3 saturated carbocycles. The van der Waals surface area contributed by atoms with Gasteiger partial charge in [0.2, 0.25) is 0 Å². The smallest absolute Gasteiger partial charge is 0.0487 e. The summed E-state index contributed by atoms with van der Waals surface area (Å²) in [6.45, 7) is 10.2. The highest BCUT2D eigenvalue weighted by atomic mass is 16.3. The molecule has 3 rings (SSSR count). The minimum atomic E-state index is 0.201. The Labute approximate surface area is 131 Å². The topological polar surface area (TPSA) is 20.2 Å². The van der Waals surface area contributed by atoms with Gasteiger partial charge >= 0.3 is 0 Å². The highest BCUT2D eigenvalue weighted by Crippen LogP contribution is 2.64. The maximum atomic E-state index is 10.0. The first-order chi connectivity index (χ1) is 9.90. The minimum Gasteiger partial charge on any atom is -0.396 e. The van der Waals surface area contributed by atoms with Crippen molar-refractivity contribution in [2.24, 2.45) is 40.4 Å². The molecule has 0 heterocycles. The van der Waals surface area contributed by atoms with Crippen molar-refractivity contribution in [2.75, 3.05) is 6.61 Å². The second-order valence-electron chi connectivity index (χ2n) is 9.49. The zero-order chi connectivity index (χ0) is 15.3. The summed E-state index contributed by atoms with van der Waals surface area (Å²) >= 11 is 0. The van der Waals surface area contributed by atoms with Crippen LogP contribution in [0.1, 0.15) is 79.1 Å². The van der Waals surface area contributed by atoms with Crippen LogP contribution in [0.2, 0.25) is 0 Å². The maximum absolute atomic E-state index is 10.0. The summed E-state index contributed by atoms with van der Waals surface area (Å²) < 4.78 is 0. The van der Waals surface area contributed by atoms with Crippen LogP contribution in [0.5, 0.6) is 0 Å². The van der Waals surface area contributed by atoms with Crippen molar-refractivity contribution in [1.82, 2.24) is 0 Å². The number of aliphatic hydroxyl groups is 1. The highest BCUT2D eigenvalue weighted by molar-refractivity contribution is 5.05. The molecular weight excluding hydrogens is 256 g/mol. The average Bonchev–Trinajstić information content (AvgIpc) is 2.46. The van der Waals surface area contributed by atoms with Gasteiger partial charge in [0.1, 0.15) is 0 Å². The Morgan fingerprint density at radius 2 is 1.81 bits per heavy atom. The molecule has 0 spiro atoms. The van der Waals surface area contributed by atoms with E-state index < -0.39 is 0 Å². The summed E-state index contributed by atoms with van der Waals surface area (Å²) in [5, 5.41) is 10.0. The maximum Gasteiger partial charge on any atom is 0.0487 e. The quantitative estimate of drug-likeness (QED) is 0.734. The van der Waals surface area contributed by atoms with Crippen molar-refractivity contribution in [3.05, 3.63) is 0 Å². The lowest BCUT2D eigenvalue weighted by molar-refractivity contribution is -0.135. The third-order valence-corrected chi connectivity index (χ3v) is 8.10. The van der Waals surface area contributed by atoms with Gasteiger partial charge in [-0.15, -0.1) is 0 Å². The molecule has 0 bridgehead atoms. The van der Waals surface area contributed by atoms with E-state index in [1.54, 1.807) is 0 Å². The van der Waals surface area contributed by atoms with Gasteiger partial charge < -0.3 is 5.11 Å².